The third-order valence-corrected chi connectivity index (χ3v) is 16.0. The summed E-state index contributed by atoms with van der Waals surface area (Å²) < 4.78 is 43.1. The SMILES string of the molecule is COC(=O)c1cc2ccccc2c(-c2c(OP(Oc3ccc(C(C)(C)C)cc3C(C)(C)C)Oc3ccc(C(C)(C)C)cc3C(C)(C)C)c(C)cc3ccccc23)c1OP1OC(=O)c2ccccc2N1c1ccccc1. The lowest BCUT2D eigenvalue weighted by Crippen LogP contribution is -2.25. The van der Waals surface area contributed by atoms with E-state index < -0.39 is 29.1 Å². The minimum Gasteiger partial charge on any atom is -0.465 e. The number of esters is 1. The Labute approximate surface area is 445 Å². The molecule has 1 aliphatic rings. The van der Waals surface area contributed by atoms with Gasteiger partial charge in [-0.1, -0.05) is 186 Å². The van der Waals surface area contributed by atoms with Crippen LogP contribution in [0, 0.1) is 6.92 Å². The average Bonchev–Trinajstić information content (AvgIpc) is 3.35. The van der Waals surface area contributed by atoms with Crippen molar-refractivity contribution in [2.45, 2.75) is 112 Å². The number of aryl methyl sites for hydroxylation is 1. The van der Waals surface area contributed by atoms with E-state index in [-0.39, 0.29) is 33.0 Å². The smallest absolute Gasteiger partial charge is 0.465 e. The second kappa shape index (κ2) is 20.3. The van der Waals surface area contributed by atoms with Crippen LogP contribution in [0.15, 0.2) is 152 Å². The number of ether oxygens (including phenoxy) is 1. The molecule has 0 aliphatic carbocycles. The predicted octanol–water partition coefficient (Wildman–Crippen LogP) is 18.3. The van der Waals surface area contributed by atoms with Crippen molar-refractivity contribution in [3.8, 4) is 34.1 Å². The highest BCUT2D eigenvalue weighted by Crippen LogP contribution is 2.60. The van der Waals surface area contributed by atoms with Gasteiger partial charge in [-0.15, -0.1) is 0 Å². The fraction of sp³-hybridized carbons (Fsp3) is 0.281. The average molecular weight is 1040 g/mol. The molecule has 9 nitrogen and oxygen atoms in total. The molecule has 0 radical (unpaired) electrons. The van der Waals surface area contributed by atoms with Crippen molar-refractivity contribution in [3.63, 3.8) is 0 Å². The molecule has 0 amide bonds. The number of methoxy groups -OCH3 is 1. The molecule has 0 spiro atoms. The van der Waals surface area contributed by atoms with Crippen molar-refractivity contribution < 1.29 is 36.9 Å². The Morgan fingerprint density at radius 3 is 1.57 bits per heavy atom. The van der Waals surface area contributed by atoms with Gasteiger partial charge in [0.05, 0.1) is 24.0 Å². The van der Waals surface area contributed by atoms with Crippen LogP contribution in [0.5, 0.6) is 23.0 Å². The first-order chi connectivity index (χ1) is 35.4. The third-order valence-electron chi connectivity index (χ3n) is 13.5. The Balaban J connectivity index is 1.32. The minimum absolute atomic E-state index is 0.121. The van der Waals surface area contributed by atoms with Gasteiger partial charge in [0.15, 0.2) is 5.75 Å². The van der Waals surface area contributed by atoms with Crippen LogP contribution in [0.4, 0.5) is 11.4 Å². The zero-order chi connectivity index (χ0) is 53.8. The summed E-state index contributed by atoms with van der Waals surface area (Å²) in [7, 11) is -3.32. The predicted molar refractivity (Wildman–Crippen MR) is 307 cm³/mol. The molecule has 386 valence electrons. The Hall–Kier alpha value is -6.92. The minimum atomic E-state index is -2.34. The van der Waals surface area contributed by atoms with Gasteiger partial charge in [0.25, 0.3) is 0 Å². The van der Waals surface area contributed by atoms with Crippen LogP contribution in [-0.4, -0.2) is 19.0 Å². The molecule has 8 aromatic carbocycles. The monoisotopic (exact) mass is 1040 g/mol. The molecule has 0 saturated heterocycles. The van der Waals surface area contributed by atoms with E-state index in [1.807, 2.05) is 109 Å². The number of benzene rings is 8. The maximum absolute atomic E-state index is 14.4. The van der Waals surface area contributed by atoms with Gasteiger partial charge in [0.2, 0.25) is 0 Å². The number of nitrogens with zero attached hydrogens (tertiary/aromatic N) is 1. The first kappa shape index (κ1) is 52.9. The van der Waals surface area contributed by atoms with E-state index in [9.17, 15) is 9.59 Å². The molecule has 0 N–H and O–H groups in total. The molecule has 0 fully saturated rings. The summed E-state index contributed by atoms with van der Waals surface area (Å²) >= 11 is 0. The Kier molecular flexibility index (Phi) is 14.3. The summed E-state index contributed by atoms with van der Waals surface area (Å²) in [6, 6.07) is 49.4. The molecule has 75 heavy (non-hydrogen) atoms. The van der Waals surface area contributed by atoms with Crippen LogP contribution >= 0.6 is 17.1 Å². The molecule has 11 heteroatoms. The number of carbonyl (C=O) groups is 2. The van der Waals surface area contributed by atoms with E-state index in [0.29, 0.717) is 39.6 Å². The van der Waals surface area contributed by atoms with Gasteiger partial charge in [-0.2, -0.15) is 0 Å². The van der Waals surface area contributed by atoms with E-state index in [2.05, 4.69) is 119 Å². The Morgan fingerprint density at radius 2 is 1.04 bits per heavy atom. The summed E-state index contributed by atoms with van der Waals surface area (Å²) in [6.07, 6.45) is 0. The molecule has 0 saturated carbocycles. The van der Waals surface area contributed by atoms with Crippen molar-refractivity contribution in [3.05, 3.63) is 191 Å². The largest absolute Gasteiger partial charge is 0.530 e. The zero-order valence-corrected chi connectivity index (χ0v) is 47.3. The van der Waals surface area contributed by atoms with E-state index in [4.69, 9.17) is 27.4 Å². The van der Waals surface area contributed by atoms with Crippen LogP contribution < -0.4 is 22.8 Å². The first-order valence-electron chi connectivity index (χ1n) is 25.4. The van der Waals surface area contributed by atoms with Crippen molar-refractivity contribution >= 4 is 62.0 Å². The van der Waals surface area contributed by atoms with Gasteiger partial charge in [-0.05, 0) is 115 Å². The van der Waals surface area contributed by atoms with Gasteiger partial charge in [-0.25, -0.2) is 9.59 Å². The first-order valence-corrected chi connectivity index (χ1v) is 27.6. The summed E-state index contributed by atoms with van der Waals surface area (Å²) in [5.74, 6) is 0.671. The number of anilines is 2. The number of carbonyl (C=O) groups excluding carboxylic acids is 2. The maximum atomic E-state index is 14.4. The molecule has 1 atom stereocenters. The summed E-state index contributed by atoms with van der Waals surface area (Å²) in [6.45, 7) is 28.4. The third kappa shape index (κ3) is 10.8. The number of fused-ring (bicyclic) bond motifs is 3. The molecular weight excluding hydrogens is 973 g/mol. The highest BCUT2D eigenvalue weighted by molar-refractivity contribution is 7.51. The summed E-state index contributed by atoms with van der Waals surface area (Å²) in [4.78, 5) is 28.5. The van der Waals surface area contributed by atoms with Crippen molar-refractivity contribution in [2.24, 2.45) is 0 Å². The van der Waals surface area contributed by atoms with E-state index in [1.165, 1.54) is 18.2 Å². The Bertz CT molecular complexity index is 3390. The van der Waals surface area contributed by atoms with Crippen LogP contribution in [0.1, 0.15) is 132 Å². The molecule has 0 aromatic heterocycles. The van der Waals surface area contributed by atoms with Crippen LogP contribution in [0.2, 0.25) is 0 Å². The second-order valence-electron chi connectivity index (χ2n) is 23.3. The number of hydrogen-bond donors (Lipinski definition) is 0. The summed E-state index contributed by atoms with van der Waals surface area (Å²) in [5, 5.41) is 3.21. The Morgan fingerprint density at radius 1 is 0.547 bits per heavy atom. The van der Waals surface area contributed by atoms with Gasteiger partial charge < -0.3 is 27.4 Å². The molecule has 1 unspecified atom stereocenters. The van der Waals surface area contributed by atoms with E-state index in [0.717, 1.165) is 43.9 Å². The van der Waals surface area contributed by atoms with Gasteiger partial charge in [0.1, 0.15) is 22.8 Å². The van der Waals surface area contributed by atoms with Crippen LogP contribution in [0.25, 0.3) is 32.7 Å². The topological polar surface area (TPSA) is 92.8 Å². The van der Waals surface area contributed by atoms with Gasteiger partial charge in [-0.3, -0.25) is 4.67 Å². The molecule has 1 heterocycles. The lowest BCUT2D eigenvalue weighted by molar-refractivity contribution is 0.0599. The second-order valence-corrected chi connectivity index (χ2v) is 25.5. The number of para-hydroxylation sites is 2. The quantitative estimate of drug-likeness (QED) is 0.0927. The van der Waals surface area contributed by atoms with Crippen molar-refractivity contribution in [1.82, 2.24) is 0 Å². The number of rotatable bonds is 11. The molecular formula is C64H67NO8P2. The van der Waals surface area contributed by atoms with Crippen LogP contribution in [-0.2, 0) is 30.9 Å². The van der Waals surface area contributed by atoms with Crippen molar-refractivity contribution in [1.29, 1.82) is 0 Å². The van der Waals surface area contributed by atoms with Crippen LogP contribution in [0.3, 0.4) is 0 Å². The summed E-state index contributed by atoms with van der Waals surface area (Å²) in [5.41, 5.74) is 7.23. The molecule has 9 rings (SSSR count). The molecule has 8 aromatic rings. The highest BCUT2D eigenvalue weighted by Gasteiger charge is 2.41. The normalized spacial score (nSPS) is 14.1. The van der Waals surface area contributed by atoms with Crippen molar-refractivity contribution in [2.75, 3.05) is 11.8 Å². The lowest BCUT2D eigenvalue weighted by atomic mass is 9.80. The molecule has 1 aliphatic heterocycles. The fourth-order valence-corrected chi connectivity index (χ4v) is 12.0. The van der Waals surface area contributed by atoms with Gasteiger partial charge >= 0.3 is 29.1 Å². The highest BCUT2D eigenvalue weighted by atomic mass is 31.2. The lowest BCUT2D eigenvalue weighted by Gasteiger charge is -2.35. The zero-order valence-electron chi connectivity index (χ0n) is 45.5. The fourth-order valence-electron chi connectivity index (χ4n) is 9.40. The maximum Gasteiger partial charge on any atom is 0.530 e. The van der Waals surface area contributed by atoms with Gasteiger partial charge in [0, 0.05) is 22.3 Å². The standard InChI is InChI=1S/C64H67NO8P2/c1-40-36-41-24-18-20-28-46(41)55(57(40)72-75(69-53-34-32-43(61(2,3)4)38-50(53)63(8,9)10)70-54-35-33-44(62(5,6)7)39-51(54)64(11,12)13)56-47-29-21-19-25-42(47)37-49(59(66)68-14)58(56)71-74-65(45-26-16-15-17-27-45)52-31-23-22-30-48(52)60(67)73-74/h15-39H,1-14H3. The molecule has 0 bridgehead atoms. The van der Waals surface area contributed by atoms with E-state index >= 15 is 0 Å². The number of hydrogen-bond acceptors (Lipinski definition) is 9. The van der Waals surface area contributed by atoms with E-state index in [1.54, 1.807) is 18.2 Å².